The van der Waals surface area contributed by atoms with E-state index in [4.69, 9.17) is 10.2 Å². The van der Waals surface area contributed by atoms with Gasteiger partial charge in [0.2, 0.25) is 0 Å². The van der Waals surface area contributed by atoms with Crippen molar-refractivity contribution in [3.05, 3.63) is 22.4 Å². The predicted molar refractivity (Wildman–Crippen MR) is 58.6 cm³/mol. The Morgan fingerprint density at radius 2 is 2.14 bits per heavy atom. The van der Waals surface area contributed by atoms with E-state index in [0.717, 1.165) is 13.0 Å². The van der Waals surface area contributed by atoms with Crippen LogP contribution in [0.4, 0.5) is 0 Å². The van der Waals surface area contributed by atoms with Gasteiger partial charge in [0.25, 0.3) is 0 Å². The first-order chi connectivity index (χ1) is 6.70. The minimum Gasteiger partial charge on any atom is -0.394 e. The lowest BCUT2D eigenvalue weighted by Crippen LogP contribution is -2.49. The molecular formula is C10H17NO2S. The smallest absolute Gasteiger partial charge is 0.0633 e. The van der Waals surface area contributed by atoms with Crippen LogP contribution in [0.15, 0.2) is 17.5 Å². The Bertz CT molecular complexity index is 245. The first-order valence-corrected chi connectivity index (χ1v) is 5.57. The van der Waals surface area contributed by atoms with Crippen LogP contribution >= 0.6 is 11.3 Å². The number of thiophene rings is 1. The maximum Gasteiger partial charge on any atom is 0.0633 e. The zero-order valence-electron chi connectivity index (χ0n) is 8.36. The minimum absolute atomic E-state index is 0.0477. The molecule has 0 radical (unpaired) electrons. The Balaban J connectivity index is 2.27. The van der Waals surface area contributed by atoms with Crippen LogP contribution in [0.25, 0.3) is 0 Å². The average molecular weight is 215 g/mol. The van der Waals surface area contributed by atoms with Crippen LogP contribution in [0.5, 0.6) is 0 Å². The first kappa shape index (κ1) is 11.7. The summed E-state index contributed by atoms with van der Waals surface area (Å²) in [5.41, 5.74) is -0.558. The second kappa shape index (κ2) is 5.46. The molecular weight excluding hydrogens is 198 g/mol. The van der Waals surface area contributed by atoms with E-state index in [1.165, 1.54) is 4.88 Å². The van der Waals surface area contributed by atoms with Gasteiger partial charge in [-0.1, -0.05) is 6.07 Å². The normalized spacial score (nSPS) is 11.9. The first-order valence-electron chi connectivity index (χ1n) is 4.69. The minimum atomic E-state index is -0.558. The summed E-state index contributed by atoms with van der Waals surface area (Å²) in [6.45, 7) is 2.49. The number of aliphatic hydroxyl groups excluding tert-OH is 2. The van der Waals surface area contributed by atoms with Gasteiger partial charge in [-0.05, 0) is 24.8 Å². The van der Waals surface area contributed by atoms with E-state index in [-0.39, 0.29) is 13.2 Å². The molecule has 0 aliphatic carbocycles. The summed E-state index contributed by atoms with van der Waals surface area (Å²) in [6, 6.07) is 4.11. The zero-order chi connectivity index (χ0) is 10.4. The molecule has 3 N–H and O–H groups in total. The molecule has 0 fully saturated rings. The lowest BCUT2D eigenvalue weighted by Gasteiger charge is -2.26. The van der Waals surface area contributed by atoms with Gasteiger partial charge in [-0.15, -0.1) is 11.3 Å². The van der Waals surface area contributed by atoms with Crippen molar-refractivity contribution in [3.8, 4) is 0 Å². The molecule has 80 valence electrons. The van der Waals surface area contributed by atoms with Gasteiger partial charge in [-0.25, -0.2) is 0 Å². The molecule has 3 nitrogen and oxygen atoms in total. The number of hydrogen-bond donors (Lipinski definition) is 3. The highest BCUT2D eigenvalue weighted by Gasteiger charge is 2.20. The van der Waals surface area contributed by atoms with Crippen molar-refractivity contribution in [1.82, 2.24) is 5.32 Å². The molecule has 4 heteroatoms. The van der Waals surface area contributed by atoms with Gasteiger partial charge < -0.3 is 15.5 Å². The Kier molecular flexibility index (Phi) is 4.54. The summed E-state index contributed by atoms with van der Waals surface area (Å²) in [5, 5.41) is 23.2. The number of nitrogens with one attached hydrogen (secondary N) is 1. The van der Waals surface area contributed by atoms with Crippen LogP contribution in [0.3, 0.4) is 0 Å². The second-order valence-electron chi connectivity index (χ2n) is 3.63. The molecule has 0 aliphatic heterocycles. The maximum atomic E-state index is 9.02. The monoisotopic (exact) mass is 215 g/mol. The summed E-state index contributed by atoms with van der Waals surface area (Å²) in [6.07, 6.45) is 0.938. The van der Waals surface area contributed by atoms with Crippen LogP contribution < -0.4 is 5.32 Å². The van der Waals surface area contributed by atoms with Gasteiger partial charge in [0, 0.05) is 11.4 Å². The molecule has 1 heterocycles. The van der Waals surface area contributed by atoms with E-state index in [0.29, 0.717) is 0 Å². The third-order valence-corrected chi connectivity index (χ3v) is 3.14. The molecule has 0 saturated carbocycles. The van der Waals surface area contributed by atoms with Crippen molar-refractivity contribution < 1.29 is 10.2 Å². The van der Waals surface area contributed by atoms with Crippen molar-refractivity contribution in [1.29, 1.82) is 0 Å². The third kappa shape index (κ3) is 3.38. The Morgan fingerprint density at radius 1 is 1.43 bits per heavy atom. The van der Waals surface area contributed by atoms with E-state index in [9.17, 15) is 0 Å². The molecule has 14 heavy (non-hydrogen) atoms. The van der Waals surface area contributed by atoms with E-state index in [1.54, 1.807) is 18.3 Å². The van der Waals surface area contributed by atoms with Gasteiger partial charge in [0.1, 0.15) is 0 Å². The zero-order valence-corrected chi connectivity index (χ0v) is 9.18. The van der Waals surface area contributed by atoms with Crippen LogP contribution in [-0.2, 0) is 6.42 Å². The van der Waals surface area contributed by atoms with Crippen LogP contribution in [0, 0.1) is 0 Å². The van der Waals surface area contributed by atoms with E-state index in [1.807, 2.05) is 11.4 Å². The van der Waals surface area contributed by atoms with Crippen molar-refractivity contribution in [2.75, 3.05) is 19.8 Å². The highest BCUT2D eigenvalue weighted by Crippen LogP contribution is 2.09. The van der Waals surface area contributed by atoms with Gasteiger partial charge in [0.05, 0.1) is 18.8 Å². The molecule has 0 bridgehead atoms. The summed E-state index contributed by atoms with van der Waals surface area (Å²) < 4.78 is 0. The molecule has 0 unspecified atom stereocenters. The van der Waals surface area contributed by atoms with Crippen molar-refractivity contribution in [2.24, 2.45) is 0 Å². The standard InChI is InChI=1S/C10H17NO2S/c1-10(7-12,8-13)11-5-4-9-3-2-6-14-9/h2-3,6,11-13H,4-5,7-8H2,1H3. The molecule has 1 aromatic rings. The fraction of sp³-hybridized carbons (Fsp3) is 0.600. The molecule has 0 spiro atoms. The fourth-order valence-corrected chi connectivity index (χ4v) is 1.81. The number of rotatable bonds is 6. The molecule has 0 aromatic carbocycles. The quantitative estimate of drug-likeness (QED) is 0.652. The van der Waals surface area contributed by atoms with Crippen molar-refractivity contribution in [3.63, 3.8) is 0 Å². The SMILES string of the molecule is CC(CO)(CO)NCCc1cccs1. The van der Waals surface area contributed by atoms with Crippen molar-refractivity contribution in [2.45, 2.75) is 18.9 Å². The summed E-state index contributed by atoms with van der Waals surface area (Å²) >= 11 is 1.72. The van der Waals surface area contributed by atoms with Crippen molar-refractivity contribution >= 4 is 11.3 Å². The van der Waals surface area contributed by atoms with E-state index in [2.05, 4.69) is 11.4 Å². The largest absolute Gasteiger partial charge is 0.394 e. The van der Waals surface area contributed by atoms with Gasteiger partial charge in [0.15, 0.2) is 0 Å². The molecule has 1 aromatic heterocycles. The molecule has 0 amide bonds. The van der Waals surface area contributed by atoms with E-state index >= 15 is 0 Å². The lowest BCUT2D eigenvalue weighted by molar-refractivity contribution is 0.105. The van der Waals surface area contributed by atoms with Crippen LogP contribution in [-0.4, -0.2) is 35.5 Å². The molecule has 0 atom stereocenters. The lowest BCUT2D eigenvalue weighted by atomic mass is 10.1. The third-order valence-electron chi connectivity index (χ3n) is 2.20. The van der Waals surface area contributed by atoms with Gasteiger partial charge >= 0.3 is 0 Å². The Hall–Kier alpha value is -0.420. The number of aliphatic hydroxyl groups is 2. The van der Waals surface area contributed by atoms with Gasteiger partial charge in [-0.2, -0.15) is 0 Å². The topological polar surface area (TPSA) is 52.5 Å². The second-order valence-corrected chi connectivity index (χ2v) is 4.67. The summed E-state index contributed by atoms with van der Waals surface area (Å²) in [5.74, 6) is 0. The summed E-state index contributed by atoms with van der Waals surface area (Å²) in [4.78, 5) is 1.32. The Morgan fingerprint density at radius 3 is 2.64 bits per heavy atom. The molecule has 1 rings (SSSR count). The highest BCUT2D eigenvalue weighted by molar-refractivity contribution is 7.09. The molecule has 0 saturated heterocycles. The fourth-order valence-electron chi connectivity index (χ4n) is 1.10. The van der Waals surface area contributed by atoms with Gasteiger partial charge in [-0.3, -0.25) is 0 Å². The molecule has 0 aliphatic rings. The van der Waals surface area contributed by atoms with Crippen LogP contribution in [0.2, 0.25) is 0 Å². The maximum absolute atomic E-state index is 9.02. The predicted octanol–water partition coefficient (Wildman–Crippen LogP) is 0.623. The van der Waals surface area contributed by atoms with E-state index < -0.39 is 5.54 Å². The number of hydrogen-bond acceptors (Lipinski definition) is 4. The average Bonchev–Trinajstić information content (AvgIpc) is 2.70. The van der Waals surface area contributed by atoms with Crippen LogP contribution in [0.1, 0.15) is 11.8 Å². The summed E-state index contributed by atoms with van der Waals surface area (Å²) in [7, 11) is 0. The highest BCUT2D eigenvalue weighted by atomic mass is 32.1. The Labute approximate surface area is 88.4 Å².